The van der Waals surface area contributed by atoms with Gasteiger partial charge in [0.1, 0.15) is 15.6 Å². The van der Waals surface area contributed by atoms with Crippen LogP contribution in [0.15, 0.2) is 34.7 Å². The lowest BCUT2D eigenvalue weighted by Gasteiger charge is -2.35. The van der Waals surface area contributed by atoms with Gasteiger partial charge in [-0.1, -0.05) is 11.6 Å². The average molecular weight is 441 g/mol. The first-order valence-corrected chi connectivity index (χ1v) is 11.9. The van der Waals surface area contributed by atoms with Crippen LogP contribution in [0.5, 0.6) is 0 Å². The van der Waals surface area contributed by atoms with E-state index in [9.17, 15) is 13.2 Å². The first-order valence-electron chi connectivity index (χ1n) is 9.20. The average Bonchev–Trinajstić information content (AvgIpc) is 3.41. The van der Waals surface area contributed by atoms with Gasteiger partial charge in [0.15, 0.2) is 0 Å². The van der Waals surface area contributed by atoms with Gasteiger partial charge in [-0.05, 0) is 36.4 Å². The fourth-order valence-corrected chi connectivity index (χ4v) is 6.55. The first-order chi connectivity index (χ1) is 13.5. The molecule has 2 aliphatic heterocycles. The van der Waals surface area contributed by atoms with E-state index in [1.165, 1.54) is 15.6 Å². The number of carbonyl (C=O) groups excluding carboxylic acids is 1. The number of pyridine rings is 1. The molecule has 4 rings (SSSR count). The Hall–Kier alpha value is -1.68. The number of anilines is 1. The second-order valence-corrected chi connectivity index (χ2v) is 10.1. The minimum absolute atomic E-state index is 0.145. The highest BCUT2D eigenvalue weighted by Crippen LogP contribution is 2.29. The largest absolute Gasteiger partial charge is 0.353 e. The van der Waals surface area contributed by atoms with Crippen LogP contribution in [0.1, 0.15) is 22.5 Å². The molecule has 1 amide bonds. The topological polar surface area (TPSA) is 73.8 Å². The van der Waals surface area contributed by atoms with Gasteiger partial charge in [-0.3, -0.25) is 4.79 Å². The molecule has 10 heteroatoms. The van der Waals surface area contributed by atoms with Crippen LogP contribution in [0.2, 0.25) is 5.02 Å². The lowest BCUT2D eigenvalue weighted by atomic mass is 10.3. The molecule has 2 fully saturated rings. The Morgan fingerprint density at radius 1 is 1.04 bits per heavy atom. The van der Waals surface area contributed by atoms with Gasteiger partial charge >= 0.3 is 0 Å². The monoisotopic (exact) mass is 440 g/mol. The lowest BCUT2D eigenvalue weighted by Crippen LogP contribution is -2.49. The van der Waals surface area contributed by atoms with Crippen LogP contribution < -0.4 is 4.90 Å². The van der Waals surface area contributed by atoms with Gasteiger partial charge < -0.3 is 9.80 Å². The molecular weight excluding hydrogens is 420 g/mol. The molecule has 7 nitrogen and oxygen atoms in total. The molecule has 0 aromatic carbocycles. The number of amides is 1. The van der Waals surface area contributed by atoms with Crippen LogP contribution in [-0.4, -0.2) is 67.8 Å². The van der Waals surface area contributed by atoms with E-state index in [0.717, 1.165) is 18.7 Å². The van der Waals surface area contributed by atoms with Gasteiger partial charge in [-0.25, -0.2) is 13.4 Å². The number of rotatable bonds is 4. The maximum Gasteiger partial charge on any atom is 0.265 e. The summed E-state index contributed by atoms with van der Waals surface area (Å²) in [5, 5.41) is 2.27. The molecular formula is C18H21ClN4O3S2. The van der Waals surface area contributed by atoms with Crippen molar-refractivity contribution in [2.24, 2.45) is 0 Å². The van der Waals surface area contributed by atoms with Crippen molar-refractivity contribution >= 4 is 44.7 Å². The molecule has 2 saturated heterocycles. The van der Waals surface area contributed by atoms with E-state index in [2.05, 4.69) is 9.88 Å². The summed E-state index contributed by atoms with van der Waals surface area (Å²) >= 11 is 7.08. The smallest absolute Gasteiger partial charge is 0.265 e. The fourth-order valence-electron chi connectivity index (χ4n) is 3.56. The van der Waals surface area contributed by atoms with E-state index in [1.54, 1.807) is 28.6 Å². The van der Waals surface area contributed by atoms with Gasteiger partial charge in [-0.15, -0.1) is 11.3 Å². The molecule has 150 valence electrons. The Labute approximate surface area is 173 Å². The van der Waals surface area contributed by atoms with Crippen LogP contribution in [0, 0.1) is 0 Å². The minimum atomic E-state index is -3.60. The van der Waals surface area contributed by atoms with Gasteiger partial charge in [0.05, 0.1) is 5.02 Å². The van der Waals surface area contributed by atoms with Crippen LogP contribution in [-0.2, 0) is 10.0 Å². The van der Waals surface area contributed by atoms with E-state index in [-0.39, 0.29) is 10.8 Å². The summed E-state index contributed by atoms with van der Waals surface area (Å²) in [6.07, 6.45) is 3.34. The van der Waals surface area contributed by atoms with Crippen molar-refractivity contribution in [2.75, 3.05) is 44.2 Å². The molecule has 0 N–H and O–H groups in total. The Morgan fingerprint density at radius 3 is 2.39 bits per heavy atom. The number of sulfonamides is 1. The molecule has 0 unspecified atom stereocenters. The molecule has 2 aliphatic rings. The normalized spacial score (nSPS) is 18.6. The minimum Gasteiger partial charge on any atom is -0.353 e. The third kappa shape index (κ3) is 3.76. The van der Waals surface area contributed by atoms with E-state index in [0.29, 0.717) is 49.2 Å². The van der Waals surface area contributed by atoms with E-state index in [1.807, 2.05) is 6.07 Å². The highest BCUT2D eigenvalue weighted by Gasteiger charge is 2.34. The predicted octanol–water partition coefficient (Wildman–Crippen LogP) is 2.54. The molecule has 0 spiro atoms. The van der Waals surface area contributed by atoms with Gasteiger partial charge in [0.25, 0.3) is 5.91 Å². The molecule has 28 heavy (non-hydrogen) atoms. The predicted molar refractivity (Wildman–Crippen MR) is 110 cm³/mol. The maximum absolute atomic E-state index is 13.0. The molecule has 4 heterocycles. The Morgan fingerprint density at radius 2 is 1.75 bits per heavy atom. The van der Waals surface area contributed by atoms with Crippen molar-refractivity contribution in [1.82, 2.24) is 14.2 Å². The van der Waals surface area contributed by atoms with Crippen molar-refractivity contribution < 1.29 is 13.2 Å². The van der Waals surface area contributed by atoms with E-state index in [4.69, 9.17) is 11.6 Å². The number of carbonyl (C=O) groups is 1. The van der Waals surface area contributed by atoms with E-state index < -0.39 is 10.0 Å². The quantitative estimate of drug-likeness (QED) is 0.730. The van der Waals surface area contributed by atoms with Crippen molar-refractivity contribution in [1.29, 1.82) is 0 Å². The zero-order valence-corrected chi connectivity index (χ0v) is 17.6. The highest BCUT2D eigenvalue weighted by molar-refractivity contribution is 7.89. The van der Waals surface area contributed by atoms with Gasteiger partial charge in [0, 0.05) is 45.5 Å². The lowest BCUT2D eigenvalue weighted by molar-refractivity contribution is 0.0747. The van der Waals surface area contributed by atoms with Crippen molar-refractivity contribution in [3.63, 3.8) is 0 Å². The van der Waals surface area contributed by atoms with E-state index >= 15 is 0 Å². The summed E-state index contributed by atoms with van der Waals surface area (Å²) in [4.78, 5) is 21.6. The Balaban J connectivity index is 1.46. The van der Waals surface area contributed by atoms with Crippen LogP contribution >= 0.6 is 22.9 Å². The number of hydrogen-bond donors (Lipinski definition) is 0. The Kier molecular flexibility index (Phi) is 5.59. The summed E-state index contributed by atoms with van der Waals surface area (Å²) in [6, 6.07) is 5.21. The van der Waals surface area contributed by atoms with Crippen LogP contribution in [0.4, 0.5) is 5.82 Å². The zero-order valence-electron chi connectivity index (χ0n) is 15.3. The molecule has 0 radical (unpaired) electrons. The second kappa shape index (κ2) is 7.98. The number of hydrogen-bond acceptors (Lipinski definition) is 6. The summed E-state index contributed by atoms with van der Waals surface area (Å²) in [5.41, 5.74) is 0. The summed E-state index contributed by atoms with van der Waals surface area (Å²) in [5.74, 6) is 0.612. The fraction of sp³-hybridized carbons (Fsp3) is 0.444. The second-order valence-electron chi connectivity index (χ2n) is 6.84. The number of thiophene rings is 1. The maximum atomic E-state index is 13.0. The van der Waals surface area contributed by atoms with Crippen molar-refractivity contribution in [2.45, 2.75) is 17.7 Å². The third-order valence-electron chi connectivity index (χ3n) is 5.11. The standard InChI is InChI=1S/C18H21ClN4O3S2/c19-14-3-4-16(20-13-14)21-8-10-22(11-9-21)18(24)17-15(5-12-27-17)28(25,26)23-6-1-2-7-23/h3-5,12-13H,1-2,6-11H2. The SMILES string of the molecule is O=C(c1sccc1S(=O)(=O)N1CCCC1)N1CCN(c2ccc(Cl)cn2)CC1. The number of halogens is 1. The van der Waals surface area contributed by atoms with Gasteiger partial charge in [-0.2, -0.15) is 4.31 Å². The third-order valence-corrected chi connectivity index (χ3v) is 8.31. The van der Waals surface area contributed by atoms with Crippen LogP contribution in [0.3, 0.4) is 0 Å². The summed E-state index contributed by atoms with van der Waals surface area (Å²) in [7, 11) is -3.60. The zero-order chi connectivity index (χ0) is 19.7. The Bertz CT molecular complexity index is 947. The molecule has 0 aliphatic carbocycles. The highest BCUT2D eigenvalue weighted by atomic mass is 35.5. The van der Waals surface area contributed by atoms with Crippen LogP contribution in [0.25, 0.3) is 0 Å². The summed E-state index contributed by atoms with van der Waals surface area (Å²) < 4.78 is 27.3. The molecule has 0 atom stereocenters. The van der Waals surface area contributed by atoms with Crippen molar-refractivity contribution in [3.8, 4) is 0 Å². The number of aromatic nitrogens is 1. The molecule has 2 aromatic heterocycles. The first kappa shape index (κ1) is 19.6. The molecule has 0 saturated carbocycles. The molecule has 0 bridgehead atoms. The summed E-state index contributed by atoms with van der Waals surface area (Å²) in [6.45, 7) is 3.37. The number of nitrogens with zero attached hydrogens (tertiary/aromatic N) is 4. The van der Waals surface area contributed by atoms with Gasteiger partial charge in [0.2, 0.25) is 10.0 Å². The number of piperazine rings is 1. The molecule has 2 aromatic rings. The van der Waals surface area contributed by atoms with Crippen molar-refractivity contribution in [3.05, 3.63) is 39.7 Å².